The Morgan fingerprint density at radius 1 is 1.75 bits per heavy atom. The van der Waals surface area contributed by atoms with Crippen LogP contribution in [0.4, 0.5) is 0 Å². The molecule has 0 saturated heterocycles. The van der Waals surface area contributed by atoms with Crippen LogP contribution in [-0.4, -0.2) is 21.8 Å². The van der Waals surface area contributed by atoms with E-state index in [0.29, 0.717) is 10.8 Å². The van der Waals surface area contributed by atoms with Gasteiger partial charge in [0.1, 0.15) is 11.6 Å². The zero-order chi connectivity index (χ0) is 12.1. The molecule has 5 nitrogen and oxygen atoms in total. The molecule has 6 heteroatoms. The Balaban J connectivity index is 3.28. The van der Waals surface area contributed by atoms with Crippen molar-refractivity contribution < 1.29 is 9.90 Å². The first-order chi connectivity index (χ1) is 7.60. The Hall–Kier alpha value is -2.00. The first-order valence-corrected chi connectivity index (χ1v) is 5.23. The molecule has 0 amide bonds. The maximum atomic E-state index is 11.3. The molecule has 1 aromatic heterocycles. The summed E-state index contributed by atoms with van der Waals surface area (Å²) in [6.07, 6.45) is 1.62. The lowest BCUT2D eigenvalue weighted by atomic mass is 10.2. The van der Waals surface area contributed by atoms with Crippen LogP contribution in [0.2, 0.25) is 0 Å². The molecule has 0 saturated carbocycles. The van der Waals surface area contributed by atoms with E-state index in [-0.39, 0.29) is 5.56 Å². The minimum Gasteiger partial charge on any atom is -0.477 e. The summed E-state index contributed by atoms with van der Waals surface area (Å²) in [7, 11) is 0. The number of aromatic carboxylic acids is 1. The second kappa shape index (κ2) is 5.19. The number of carboxylic acid groups (broad SMARTS) is 1. The molecule has 1 heterocycles. The molecule has 1 rings (SSSR count). The van der Waals surface area contributed by atoms with E-state index in [2.05, 4.69) is 11.6 Å². The molecule has 0 spiro atoms. The lowest BCUT2D eigenvalue weighted by Gasteiger charge is -2.02. The van der Waals surface area contributed by atoms with E-state index < -0.39 is 17.1 Å². The van der Waals surface area contributed by atoms with Crippen LogP contribution in [0.15, 0.2) is 28.5 Å². The van der Waals surface area contributed by atoms with Crippen LogP contribution in [0.25, 0.3) is 0 Å². The van der Waals surface area contributed by atoms with Gasteiger partial charge in [-0.15, -0.1) is 18.3 Å². The van der Waals surface area contributed by atoms with Gasteiger partial charge in [-0.2, -0.15) is 5.26 Å². The van der Waals surface area contributed by atoms with E-state index in [4.69, 9.17) is 10.4 Å². The molecular formula is C10H8N2O3S. The molecule has 0 atom stereocenters. The van der Waals surface area contributed by atoms with Gasteiger partial charge in [-0.25, -0.2) is 4.79 Å². The van der Waals surface area contributed by atoms with Gasteiger partial charge in [-0.05, 0) is 6.07 Å². The van der Waals surface area contributed by atoms with Crippen molar-refractivity contribution in [2.24, 2.45) is 0 Å². The number of thioether (sulfide) groups is 1. The molecule has 0 aliphatic rings. The fourth-order valence-electron chi connectivity index (χ4n) is 1.01. The fourth-order valence-corrected chi connectivity index (χ4v) is 1.72. The first-order valence-electron chi connectivity index (χ1n) is 4.24. The number of aromatic nitrogens is 1. The SMILES string of the molecule is C=CCSc1[nH]c(=O)c(C(=O)O)cc1C#N. The number of nitrogens with zero attached hydrogens (tertiary/aromatic N) is 1. The van der Waals surface area contributed by atoms with Gasteiger partial charge in [0.05, 0.1) is 10.6 Å². The zero-order valence-electron chi connectivity index (χ0n) is 8.19. The number of rotatable bonds is 4. The molecule has 0 unspecified atom stereocenters. The number of carbonyl (C=O) groups is 1. The summed E-state index contributed by atoms with van der Waals surface area (Å²) in [4.78, 5) is 24.4. The second-order valence-electron chi connectivity index (χ2n) is 2.77. The number of hydrogen-bond donors (Lipinski definition) is 2. The monoisotopic (exact) mass is 236 g/mol. The summed E-state index contributed by atoms with van der Waals surface area (Å²) in [6, 6.07) is 2.91. The summed E-state index contributed by atoms with van der Waals surface area (Å²) in [6.45, 7) is 3.51. The highest BCUT2D eigenvalue weighted by Gasteiger charge is 2.13. The largest absolute Gasteiger partial charge is 0.477 e. The number of H-pyrrole nitrogens is 1. The smallest absolute Gasteiger partial charge is 0.341 e. The van der Waals surface area contributed by atoms with Gasteiger partial charge in [0.2, 0.25) is 0 Å². The molecular weight excluding hydrogens is 228 g/mol. The van der Waals surface area contributed by atoms with E-state index in [0.717, 1.165) is 6.07 Å². The third kappa shape index (κ3) is 2.52. The van der Waals surface area contributed by atoms with Crippen LogP contribution in [0.3, 0.4) is 0 Å². The summed E-state index contributed by atoms with van der Waals surface area (Å²) >= 11 is 1.22. The van der Waals surface area contributed by atoms with Crippen LogP contribution in [0.1, 0.15) is 15.9 Å². The summed E-state index contributed by atoms with van der Waals surface area (Å²) in [5.41, 5.74) is -0.999. The lowest BCUT2D eigenvalue weighted by Crippen LogP contribution is -2.18. The van der Waals surface area contributed by atoms with E-state index in [1.54, 1.807) is 6.08 Å². The van der Waals surface area contributed by atoms with Gasteiger partial charge < -0.3 is 10.1 Å². The average Bonchev–Trinajstić information content (AvgIpc) is 2.25. The van der Waals surface area contributed by atoms with Gasteiger partial charge in [-0.1, -0.05) is 6.08 Å². The third-order valence-corrected chi connectivity index (χ3v) is 2.71. The molecule has 0 aromatic carbocycles. The second-order valence-corrected chi connectivity index (χ2v) is 3.80. The van der Waals surface area contributed by atoms with Crippen LogP contribution in [0, 0.1) is 11.3 Å². The molecule has 0 aliphatic heterocycles. The van der Waals surface area contributed by atoms with Crippen LogP contribution < -0.4 is 5.56 Å². The van der Waals surface area contributed by atoms with Crippen LogP contribution in [-0.2, 0) is 0 Å². The van der Waals surface area contributed by atoms with Crippen LogP contribution in [0.5, 0.6) is 0 Å². The highest BCUT2D eigenvalue weighted by molar-refractivity contribution is 7.99. The number of pyridine rings is 1. The van der Waals surface area contributed by atoms with Gasteiger partial charge in [0, 0.05) is 5.75 Å². The van der Waals surface area contributed by atoms with E-state index in [1.165, 1.54) is 11.8 Å². The molecule has 1 aromatic rings. The number of hydrogen-bond acceptors (Lipinski definition) is 4. The summed E-state index contributed by atoms with van der Waals surface area (Å²) in [5, 5.41) is 17.9. The van der Waals surface area contributed by atoms with Crippen molar-refractivity contribution in [1.29, 1.82) is 5.26 Å². The maximum Gasteiger partial charge on any atom is 0.341 e. The number of nitrogens with one attached hydrogen (secondary N) is 1. The van der Waals surface area contributed by atoms with Crippen molar-refractivity contribution in [3.8, 4) is 6.07 Å². The van der Waals surface area contributed by atoms with Gasteiger partial charge in [0.15, 0.2) is 0 Å². The van der Waals surface area contributed by atoms with Crippen LogP contribution >= 0.6 is 11.8 Å². The standard InChI is InChI=1S/C10H8N2O3S/c1-2-3-16-9-6(5-11)4-7(10(14)15)8(13)12-9/h2,4H,1,3H2,(H,12,13)(H,14,15). The first kappa shape index (κ1) is 12.1. The molecule has 0 fully saturated rings. The predicted molar refractivity (Wildman–Crippen MR) is 59.7 cm³/mol. The Labute approximate surface area is 95.4 Å². The van der Waals surface area contributed by atoms with Gasteiger partial charge in [0.25, 0.3) is 5.56 Å². The number of aromatic amines is 1. The van der Waals surface area contributed by atoms with E-state index >= 15 is 0 Å². The van der Waals surface area contributed by atoms with E-state index in [1.807, 2.05) is 6.07 Å². The minimum absolute atomic E-state index is 0.142. The lowest BCUT2D eigenvalue weighted by molar-refractivity contribution is 0.0694. The highest BCUT2D eigenvalue weighted by atomic mass is 32.2. The molecule has 0 aliphatic carbocycles. The van der Waals surface area contributed by atoms with Crippen molar-refractivity contribution in [1.82, 2.24) is 4.98 Å². The maximum absolute atomic E-state index is 11.3. The van der Waals surface area contributed by atoms with E-state index in [9.17, 15) is 9.59 Å². The number of carboxylic acids is 1. The number of nitriles is 1. The predicted octanol–water partition coefficient (Wildman–Crippen LogP) is 1.22. The Bertz CT molecular complexity index is 528. The van der Waals surface area contributed by atoms with Crippen molar-refractivity contribution in [2.75, 3.05) is 5.75 Å². The topological polar surface area (TPSA) is 93.9 Å². The Morgan fingerprint density at radius 3 is 2.94 bits per heavy atom. The highest BCUT2D eigenvalue weighted by Crippen LogP contribution is 2.18. The fraction of sp³-hybridized carbons (Fsp3) is 0.100. The third-order valence-electron chi connectivity index (χ3n) is 1.70. The van der Waals surface area contributed by atoms with Crippen molar-refractivity contribution >= 4 is 17.7 Å². The summed E-state index contributed by atoms with van der Waals surface area (Å²) < 4.78 is 0. The van der Waals surface area contributed by atoms with Crippen molar-refractivity contribution in [2.45, 2.75) is 5.03 Å². The average molecular weight is 236 g/mol. The zero-order valence-corrected chi connectivity index (χ0v) is 9.00. The molecule has 16 heavy (non-hydrogen) atoms. The minimum atomic E-state index is -1.35. The molecule has 82 valence electrons. The Kier molecular flexibility index (Phi) is 3.91. The normalized spacial score (nSPS) is 9.44. The van der Waals surface area contributed by atoms with Crippen molar-refractivity contribution in [3.05, 3.63) is 40.2 Å². The Morgan fingerprint density at radius 2 is 2.44 bits per heavy atom. The van der Waals surface area contributed by atoms with Gasteiger partial charge in [-0.3, -0.25) is 4.79 Å². The van der Waals surface area contributed by atoms with Crippen molar-refractivity contribution in [3.63, 3.8) is 0 Å². The molecule has 2 N–H and O–H groups in total. The molecule has 0 bridgehead atoms. The quantitative estimate of drug-likeness (QED) is 0.605. The van der Waals surface area contributed by atoms with Gasteiger partial charge >= 0.3 is 5.97 Å². The summed E-state index contributed by atoms with van der Waals surface area (Å²) in [5.74, 6) is -0.824. The molecule has 0 radical (unpaired) electrons.